The fourth-order valence-electron chi connectivity index (χ4n) is 2.73. The molecule has 1 fully saturated rings. The summed E-state index contributed by atoms with van der Waals surface area (Å²) in [6.07, 6.45) is 5.50. The Morgan fingerprint density at radius 2 is 2.05 bits per heavy atom. The molecule has 0 spiro atoms. The van der Waals surface area contributed by atoms with Gasteiger partial charge in [-0.15, -0.1) is 0 Å². The quantitative estimate of drug-likeness (QED) is 0.861. The molecule has 0 unspecified atom stereocenters. The fraction of sp³-hybridized carbons (Fsp3) is 0.600. The molecule has 106 valence electrons. The molecule has 2 N–H and O–H groups in total. The predicted octanol–water partition coefficient (Wildman–Crippen LogP) is 2.62. The van der Waals surface area contributed by atoms with Crippen molar-refractivity contribution >= 4 is 0 Å². The Balaban J connectivity index is 1.99. The average molecular weight is 267 g/mol. The van der Waals surface area contributed by atoms with Crippen molar-refractivity contribution in [3.05, 3.63) is 29.6 Å². The van der Waals surface area contributed by atoms with Crippen molar-refractivity contribution in [2.75, 3.05) is 13.7 Å². The van der Waals surface area contributed by atoms with Crippen molar-refractivity contribution in [2.24, 2.45) is 0 Å². The van der Waals surface area contributed by atoms with Gasteiger partial charge in [0.25, 0.3) is 0 Å². The molecule has 1 aliphatic rings. The smallest absolute Gasteiger partial charge is 0.165 e. The SMILES string of the molecule is COc1ccc(CNC2(CO)CCCCC2)cc1F. The number of hydrogen-bond acceptors (Lipinski definition) is 3. The third kappa shape index (κ3) is 3.45. The van der Waals surface area contributed by atoms with Gasteiger partial charge in [-0.25, -0.2) is 4.39 Å². The van der Waals surface area contributed by atoms with Crippen molar-refractivity contribution in [1.82, 2.24) is 5.32 Å². The second-order valence-corrected chi connectivity index (χ2v) is 5.32. The van der Waals surface area contributed by atoms with E-state index in [9.17, 15) is 9.50 Å². The lowest BCUT2D eigenvalue weighted by molar-refractivity contribution is 0.119. The highest BCUT2D eigenvalue weighted by Gasteiger charge is 2.30. The van der Waals surface area contributed by atoms with E-state index in [1.807, 2.05) is 6.07 Å². The molecule has 0 saturated heterocycles. The van der Waals surface area contributed by atoms with Crippen LogP contribution in [0, 0.1) is 5.82 Å². The molecule has 1 aliphatic carbocycles. The molecule has 0 radical (unpaired) electrons. The van der Waals surface area contributed by atoms with Crippen molar-refractivity contribution in [3.63, 3.8) is 0 Å². The van der Waals surface area contributed by atoms with Crippen LogP contribution in [-0.2, 0) is 6.54 Å². The normalized spacial score (nSPS) is 18.3. The summed E-state index contributed by atoms with van der Waals surface area (Å²) in [7, 11) is 1.46. The van der Waals surface area contributed by atoms with Gasteiger partial charge in [-0.2, -0.15) is 0 Å². The predicted molar refractivity (Wildman–Crippen MR) is 72.7 cm³/mol. The van der Waals surface area contributed by atoms with Crippen LogP contribution >= 0.6 is 0 Å². The number of rotatable bonds is 5. The zero-order chi connectivity index (χ0) is 13.7. The number of benzene rings is 1. The van der Waals surface area contributed by atoms with Gasteiger partial charge in [0.05, 0.1) is 13.7 Å². The van der Waals surface area contributed by atoms with Crippen LogP contribution in [0.15, 0.2) is 18.2 Å². The minimum absolute atomic E-state index is 0.144. The van der Waals surface area contributed by atoms with E-state index < -0.39 is 0 Å². The Hall–Kier alpha value is -1.13. The van der Waals surface area contributed by atoms with E-state index in [-0.39, 0.29) is 23.7 Å². The maximum absolute atomic E-state index is 13.6. The molecule has 1 saturated carbocycles. The summed E-state index contributed by atoms with van der Waals surface area (Å²) < 4.78 is 18.5. The lowest BCUT2D eigenvalue weighted by Gasteiger charge is -2.36. The minimum Gasteiger partial charge on any atom is -0.494 e. The third-order valence-electron chi connectivity index (χ3n) is 4.00. The second kappa shape index (κ2) is 6.35. The van der Waals surface area contributed by atoms with Crippen molar-refractivity contribution < 1.29 is 14.2 Å². The molecule has 19 heavy (non-hydrogen) atoms. The molecule has 0 aromatic heterocycles. The van der Waals surface area contributed by atoms with Crippen molar-refractivity contribution in [3.8, 4) is 5.75 Å². The zero-order valence-electron chi connectivity index (χ0n) is 11.4. The van der Waals surface area contributed by atoms with Gasteiger partial charge in [0.1, 0.15) is 0 Å². The van der Waals surface area contributed by atoms with Crippen molar-refractivity contribution in [2.45, 2.75) is 44.2 Å². The van der Waals surface area contributed by atoms with E-state index >= 15 is 0 Å². The first-order chi connectivity index (χ1) is 9.19. The summed E-state index contributed by atoms with van der Waals surface area (Å²) >= 11 is 0. The Kier molecular flexibility index (Phi) is 4.77. The van der Waals surface area contributed by atoms with Gasteiger partial charge in [0.15, 0.2) is 11.6 Å². The minimum atomic E-state index is -0.344. The molecular weight excluding hydrogens is 245 g/mol. The van der Waals surface area contributed by atoms with Gasteiger partial charge in [0, 0.05) is 12.1 Å². The zero-order valence-corrected chi connectivity index (χ0v) is 11.4. The number of aliphatic hydroxyl groups excluding tert-OH is 1. The molecule has 0 heterocycles. The highest BCUT2D eigenvalue weighted by Crippen LogP contribution is 2.28. The summed E-state index contributed by atoms with van der Waals surface area (Å²) in [5, 5.41) is 13.0. The van der Waals surface area contributed by atoms with Gasteiger partial charge in [-0.05, 0) is 30.5 Å². The van der Waals surface area contributed by atoms with Crippen LogP contribution in [0.2, 0.25) is 0 Å². The molecule has 2 rings (SSSR count). The van der Waals surface area contributed by atoms with Gasteiger partial charge in [0.2, 0.25) is 0 Å². The van der Waals surface area contributed by atoms with Crippen LogP contribution in [0.4, 0.5) is 4.39 Å². The maximum atomic E-state index is 13.6. The van der Waals surface area contributed by atoms with E-state index in [0.29, 0.717) is 6.54 Å². The van der Waals surface area contributed by atoms with E-state index in [1.165, 1.54) is 19.6 Å². The van der Waals surface area contributed by atoms with Crippen LogP contribution < -0.4 is 10.1 Å². The van der Waals surface area contributed by atoms with Crippen LogP contribution in [0.25, 0.3) is 0 Å². The number of nitrogens with one attached hydrogen (secondary N) is 1. The van der Waals surface area contributed by atoms with E-state index in [2.05, 4.69) is 5.32 Å². The van der Waals surface area contributed by atoms with Crippen LogP contribution in [0.1, 0.15) is 37.7 Å². The highest BCUT2D eigenvalue weighted by atomic mass is 19.1. The Morgan fingerprint density at radius 3 is 2.63 bits per heavy atom. The van der Waals surface area contributed by atoms with E-state index in [1.54, 1.807) is 6.07 Å². The summed E-state index contributed by atoms with van der Waals surface area (Å²) in [4.78, 5) is 0. The highest BCUT2D eigenvalue weighted by molar-refractivity contribution is 5.29. The number of aliphatic hydroxyl groups is 1. The average Bonchev–Trinajstić information content (AvgIpc) is 2.46. The second-order valence-electron chi connectivity index (χ2n) is 5.32. The molecular formula is C15H22FNO2. The summed E-state index contributed by atoms with van der Waals surface area (Å²) in [5.41, 5.74) is 0.686. The molecule has 1 aromatic carbocycles. The van der Waals surface area contributed by atoms with Gasteiger partial charge in [-0.1, -0.05) is 25.3 Å². The lowest BCUT2D eigenvalue weighted by atomic mass is 9.82. The van der Waals surface area contributed by atoms with Gasteiger partial charge >= 0.3 is 0 Å². The number of ether oxygens (including phenoxy) is 1. The monoisotopic (exact) mass is 267 g/mol. The number of hydrogen-bond donors (Lipinski definition) is 2. The largest absolute Gasteiger partial charge is 0.494 e. The first-order valence-electron chi connectivity index (χ1n) is 6.87. The van der Waals surface area contributed by atoms with E-state index in [0.717, 1.165) is 31.2 Å². The topological polar surface area (TPSA) is 41.5 Å². The lowest BCUT2D eigenvalue weighted by Crippen LogP contribution is -2.49. The molecule has 4 heteroatoms. The molecule has 3 nitrogen and oxygen atoms in total. The van der Waals surface area contributed by atoms with E-state index in [4.69, 9.17) is 4.74 Å². The first-order valence-corrected chi connectivity index (χ1v) is 6.87. The summed E-state index contributed by atoms with van der Waals surface area (Å²) in [5.74, 6) is -0.0817. The molecule has 0 aliphatic heterocycles. The fourth-order valence-corrected chi connectivity index (χ4v) is 2.73. The van der Waals surface area contributed by atoms with Gasteiger partial charge < -0.3 is 15.2 Å². The molecule has 0 amide bonds. The third-order valence-corrected chi connectivity index (χ3v) is 4.00. The van der Waals surface area contributed by atoms with Crippen LogP contribution in [-0.4, -0.2) is 24.4 Å². The van der Waals surface area contributed by atoms with Crippen molar-refractivity contribution in [1.29, 1.82) is 0 Å². The number of methoxy groups -OCH3 is 1. The first kappa shape index (κ1) is 14.3. The van der Waals surface area contributed by atoms with Crippen LogP contribution in [0.5, 0.6) is 5.75 Å². The van der Waals surface area contributed by atoms with Crippen LogP contribution in [0.3, 0.4) is 0 Å². The Morgan fingerprint density at radius 1 is 1.32 bits per heavy atom. The number of halogens is 1. The summed E-state index contributed by atoms with van der Waals surface area (Å²) in [6.45, 7) is 0.715. The Bertz CT molecular complexity index is 417. The molecule has 1 aromatic rings. The maximum Gasteiger partial charge on any atom is 0.165 e. The molecule has 0 atom stereocenters. The summed E-state index contributed by atoms with van der Waals surface area (Å²) in [6, 6.07) is 4.97. The Labute approximate surface area is 113 Å². The molecule has 0 bridgehead atoms. The standard InChI is InChI=1S/C15H22FNO2/c1-19-14-6-5-12(9-13(14)16)10-17-15(11-18)7-3-2-4-8-15/h5-6,9,17-18H,2-4,7-8,10-11H2,1H3. The van der Waals surface area contributed by atoms with Gasteiger partial charge in [-0.3, -0.25) is 0 Å².